The molecule has 1 aliphatic rings. The van der Waals surface area contributed by atoms with Crippen molar-refractivity contribution in [2.75, 3.05) is 31.1 Å². The molecule has 2 aromatic carbocycles. The van der Waals surface area contributed by atoms with E-state index >= 15 is 0 Å². The van der Waals surface area contributed by atoms with Crippen molar-refractivity contribution in [3.05, 3.63) is 83.7 Å². The van der Waals surface area contributed by atoms with Gasteiger partial charge in [0.2, 0.25) is 0 Å². The number of hydrogen-bond donors (Lipinski definition) is 0. The summed E-state index contributed by atoms with van der Waals surface area (Å²) < 4.78 is 2.07. The lowest BCUT2D eigenvalue weighted by Gasteiger charge is -2.36. The first-order chi connectivity index (χ1) is 15.2. The van der Waals surface area contributed by atoms with Gasteiger partial charge in [-0.1, -0.05) is 67.6 Å². The largest absolute Gasteiger partial charge is 0.354 e. The Bertz CT molecular complexity index is 1160. The second-order valence-corrected chi connectivity index (χ2v) is 8.28. The summed E-state index contributed by atoms with van der Waals surface area (Å²) in [4.78, 5) is 9.91. The van der Waals surface area contributed by atoms with Crippen molar-refractivity contribution >= 4 is 11.5 Å². The highest BCUT2D eigenvalue weighted by Crippen LogP contribution is 2.31. The predicted octanol–water partition coefficient (Wildman–Crippen LogP) is 4.59. The molecule has 0 bridgehead atoms. The molecule has 0 unspecified atom stereocenters. The SMILES string of the molecule is CCc1nn2c(N3CCN(Cc4ccccc4)CC3)cc(C)nc2c1-c1ccccc1. The van der Waals surface area contributed by atoms with Crippen molar-refractivity contribution < 1.29 is 0 Å². The van der Waals surface area contributed by atoms with Crippen LogP contribution in [0.5, 0.6) is 0 Å². The summed E-state index contributed by atoms with van der Waals surface area (Å²) in [5, 5.41) is 5.01. The quantitative estimate of drug-likeness (QED) is 0.481. The van der Waals surface area contributed by atoms with Gasteiger partial charge in [0, 0.05) is 50.0 Å². The topological polar surface area (TPSA) is 36.7 Å². The fourth-order valence-corrected chi connectivity index (χ4v) is 4.51. The molecule has 1 fully saturated rings. The van der Waals surface area contributed by atoms with Crippen molar-refractivity contribution in [3.8, 4) is 11.1 Å². The van der Waals surface area contributed by atoms with Gasteiger partial charge >= 0.3 is 0 Å². The smallest absolute Gasteiger partial charge is 0.165 e. The number of aryl methyl sites for hydroxylation is 2. The summed E-state index contributed by atoms with van der Waals surface area (Å²) in [6.07, 6.45) is 0.886. The molecule has 5 nitrogen and oxygen atoms in total. The molecule has 3 heterocycles. The van der Waals surface area contributed by atoms with E-state index in [0.29, 0.717) is 0 Å². The number of piperazine rings is 1. The number of anilines is 1. The third kappa shape index (κ3) is 3.93. The van der Waals surface area contributed by atoms with Crippen molar-refractivity contribution in [3.63, 3.8) is 0 Å². The molecule has 2 aromatic heterocycles. The maximum atomic E-state index is 5.01. The fourth-order valence-electron chi connectivity index (χ4n) is 4.51. The molecule has 4 aromatic rings. The lowest BCUT2D eigenvalue weighted by molar-refractivity contribution is 0.249. The van der Waals surface area contributed by atoms with Gasteiger partial charge in [-0.05, 0) is 24.5 Å². The predicted molar refractivity (Wildman–Crippen MR) is 126 cm³/mol. The van der Waals surface area contributed by atoms with Gasteiger partial charge in [0.25, 0.3) is 0 Å². The molecule has 5 rings (SSSR count). The lowest BCUT2D eigenvalue weighted by atomic mass is 10.0. The van der Waals surface area contributed by atoms with Gasteiger partial charge in [-0.2, -0.15) is 9.61 Å². The summed E-state index contributed by atoms with van der Waals surface area (Å²) in [5.74, 6) is 1.15. The monoisotopic (exact) mass is 411 g/mol. The van der Waals surface area contributed by atoms with E-state index in [1.165, 1.54) is 11.1 Å². The van der Waals surface area contributed by atoms with Crippen LogP contribution in [0.1, 0.15) is 23.9 Å². The first kappa shape index (κ1) is 19.8. The molecule has 0 saturated carbocycles. The average Bonchev–Trinajstić information content (AvgIpc) is 3.19. The zero-order valence-electron chi connectivity index (χ0n) is 18.3. The Morgan fingerprint density at radius 2 is 1.55 bits per heavy atom. The van der Waals surface area contributed by atoms with E-state index in [0.717, 1.165) is 67.6 Å². The van der Waals surface area contributed by atoms with Crippen molar-refractivity contribution in [2.45, 2.75) is 26.8 Å². The number of benzene rings is 2. The normalized spacial score (nSPS) is 15.0. The Kier molecular flexibility index (Phi) is 5.43. The van der Waals surface area contributed by atoms with E-state index in [9.17, 15) is 0 Å². The minimum Gasteiger partial charge on any atom is -0.354 e. The number of rotatable bonds is 5. The van der Waals surface area contributed by atoms with Gasteiger partial charge < -0.3 is 4.90 Å². The van der Waals surface area contributed by atoms with Gasteiger partial charge in [-0.25, -0.2) is 4.98 Å². The molecule has 0 radical (unpaired) electrons. The Labute approximate surface area is 184 Å². The molecule has 1 aliphatic heterocycles. The lowest BCUT2D eigenvalue weighted by Crippen LogP contribution is -2.46. The third-order valence-corrected chi connectivity index (χ3v) is 6.11. The molecule has 1 saturated heterocycles. The van der Waals surface area contributed by atoms with Crippen LogP contribution < -0.4 is 4.90 Å². The van der Waals surface area contributed by atoms with E-state index in [4.69, 9.17) is 10.1 Å². The van der Waals surface area contributed by atoms with E-state index < -0.39 is 0 Å². The number of aromatic nitrogens is 3. The first-order valence-electron chi connectivity index (χ1n) is 11.2. The van der Waals surface area contributed by atoms with Crippen LogP contribution in [-0.4, -0.2) is 45.7 Å². The molecule has 31 heavy (non-hydrogen) atoms. The van der Waals surface area contributed by atoms with Crippen LogP contribution in [0.4, 0.5) is 5.82 Å². The zero-order valence-corrected chi connectivity index (χ0v) is 18.3. The summed E-state index contributed by atoms with van der Waals surface area (Å²) in [6, 6.07) is 23.5. The number of hydrogen-bond acceptors (Lipinski definition) is 4. The molecule has 0 amide bonds. The Morgan fingerprint density at radius 1 is 0.871 bits per heavy atom. The van der Waals surface area contributed by atoms with Crippen LogP contribution in [0, 0.1) is 6.92 Å². The van der Waals surface area contributed by atoms with Gasteiger partial charge in [-0.3, -0.25) is 4.90 Å². The number of nitrogens with zero attached hydrogens (tertiary/aromatic N) is 5. The summed E-state index contributed by atoms with van der Waals surface area (Å²) >= 11 is 0. The van der Waals surface area contributed by atoms with Crippen LogP contribution in [0.2, 0.25) is 0 Å². The maximum Gasteiger partial charge on any atom is 0.165 e. The third-order valence-electron chi connectivity index (χ3n) is 6.11. The fraction of sp³-hybridized carbons (Fsp3) is 0.308. The van der Waals surface area contributed by atoms with Crippen LogP contribution in [0.15, 0.2) is 66.7 Å². The Balaban J connectivity index is 1.45. The van der Waals surface area contributed by atoms with Gasteiger partial charge in [0.15, 0.2) is 5.65 Å². The highest BCUT2D eigenvalue weighted by atomic mass is 15.4. The molecule has 0 N–H and O–H groups in total. The first-order valence-corrected chi connectivity index (χ1v) is 11.2. The molecular formula is C26H29N5. The van der Waals surface area contributed by atoms with Crippen molar-refractivity contribution in [1.82, 2.24) is 19.5 Å². The Hall–Kier alpha value is -3.18. The highest BCUT2D eigenvalue weighted by molar-refractivity contribution is 5.81. The molecule has 158 valence electrons. The molecule has 0 aliphatic carbocycles. The van der Waals surface area contributed by atoms with E-state index in [2.05, 4.69) is 94.9 Å². The van der Waals surface area contributed by atoms with Crippen LogP contribution >= 0.6 is 0 Å². The average molecular weight is 412 g/mol. The molecule has 0 atom stereocenters. The van der Waals surface area contributed by atoms with Crippen LogP contribution in [-0.2, 0) is 13.0 Å². The van der Waals surface area contributed by atoms with E-state index in [-0.39, 0.29) is 0 Å². The van der Waals surface area contributed by atoms with Crippen LogP contribution in [0.3, 0.4) is 0 Å². The molecule has 0 spiro atoms. The van der Waals surface area contributed by atoms with Crippen LogP contribution in [0.25, 0.3) is 16.8 Å². The maximum absolute atomic E-state index is 5.01. The minimum atomic E-state index is 0.886. The standard InChI is InChI=1S/C26H29N5/c1-3-23-25(22-12-8-5-9-13-22)26-27-20(2)18-24(31(26)28-23)30-16-14-29(15-17-30)19-21-10-6-4-7-11-21/h4-13,18H,3,14-17,19H2,1-2H3. The summed E-state index contributed by atoms with van der Waals surface area (Å²) in [5.41, 5.74) is 6.83. The summed E-state index contributed by atoms with van der Waals surface area (Å²) in [6.45, 7) is 9.35. The molecular weight excluding hydrogens is 382 g/mol. The van der Waals surface area contributed by atoms with Gasteiger partial charge in [0.1, 0.15) is 5.82 Å². The zero-order chi connectivity index (χ0) is 21.2. The van der Waals surface area contributed by atoms with Gasteiger partial charge in [-0.15, -0.1) is 0 Å². The second kappa shape index (κ2) is 8.52. The second-order valence-electron chi connectivity index (χ2n) is 8.28. The van der Waals surface area contributed by atoms with Crippen molar-refractivity contribution in [2.24, 2.45) is 0 Å². The summed E-state index contributed by atoms with van der Waals surface area (Å²) in [7, 11) is 0. The molecule has 5 heteroatoms. The number of fused-ring (bicyclic) bond motifs is 1. The minimum absolute atomic E-state index is 0.886. The Morgan fingerprint density at radius 3 is 2.23 bits per heavy atom. The van der Waals surface area contributed by atoms with Gasteiger partial charge in [0.05, 0.1) is 5.69 Å². The van der Waals surface area contributed by atoms with E-state index in [1.807, 2.05) is 0 Å². The van der Waals surface area contributed by atoms with Crippen molar-refractivity contribution in [1.29, 1.82) is 0 Å². The van der Waals surface area contributed by atoms with E-state index in [1.54, 1.807) is 0 Å². The highest BCUT2D eigenvalue weighted by Gasteiger charge is 2.23.